The average molecular weight is 329 g/mol. The number of hydrogen-bond acceptors (Lipinski definition) is 2. The van der Waals surface area contributed by atoms with Crippen LogP contribution in [0.5, 0.6) is 0 Å². The second-order valence-electron chi connectivity index (χ2n) is 5.22. The number of urea groups is 1. The molecule has 2 amide bonds. The highest BCUT2D eigenvalue weighted by molar-refractivity contribution is 6.30. The number of nitrogens with one attached hydrogen (secondary N) is 3. The highest BCUT2D eigenvalue weighted by Crippen LogP contribution is 2.28. The predicted molar refractivity (Wildman–Crippen MR) is 93.9 cm³/mol. The Hall–Kier alpha value is -2.53. The molecule has 1 heterocycles. The third kappa shape index (κ3) is 3.46. The van der Waals surface area contributed by atoms with Gasteiger partial charge in [-0.25, -0.2) is 4.79 Å². The van der Waals surface area contributed by atoms with Gasteiger partial charge in [0.05, 0.1) is 5.52 Å². The zero-order chi connectivity index (χ0) is 16.2. The molecule has 0 aliphatic rings. The fourth-order valence-corrected chi connectivity index (χ4v) is 2.54. The molecule has 0 atom stereocenters. The number of carbonyl (C=O) groups is 1. The van der Waals surface area contributed by atoms with Crippen LogP contribution in [-0.2, 0) is 0 Å². The summed E-state index contributed by atoms with van der Waals surface area (Å²) in [6, 6.07) is 13.3. The van der Waals surface area contributed by atoms with Gasteiger partial charge in [-0.15, -0.1) is 0 Å². The molecule has 1 aromatic heterocycles. The summed E-state index contributed by atoms with van der Waals surface area (Å²) in [6.07, 6.45) is 0.887. The van der Waals surface area contributed by atoms with E-state index in [9.17, 15) is 4.79 Å². The Morgan fingerprint density at radius 2 is 2.04 bits per heavy atom. The number of aromatic nitrogens is 2. The van der Waals surface area contributed by atoms with Crippen LogP contribution in [0.1, 0.15) is 13.3 Å². The van der Waals surface area contributed by atoms with Gasteiger partial charge in [-0.2, -0.15) is 5.10 Å². The van der Waals surface area contributed by atoms with E-state index in [1.54, 1.807) is 0 Å². The van der Waals surface area contributed by atoms with Gasteiger partial charge < -0.3 is 5.32 Å². The number of nitrogens with zero attached hydrogens (tertiary/aromatic N) is 1. The van der Waals surface area contributed by atoms with Gasteiger partial charge in [-0.1, -0.05) is 36.7 Å². The molecule has 0 aliphatic heterocycles. The molecule has 0 unspecified atom stereocenters. The highest BCUT2D eigenvalue weighted by Gasteiger charge is 2.10. The molecule has 0 radical (unpaired) electrons. The van der Waals surface area contributed by atoms with E-state index in [0.717, 1.165) is 28.5 Å². The summed E-state index contributed by atoms with van der Waals surface area (Å²) in [5.41, 5.74) is 2.92. The van der Waals surface area contributed by atoms with Gasteiger partial charge in [0.1, 0.15) is 0 Å². The molecule has 3 N–H and O–H groups in total. The normalized spacial score (nSPS) is 10.7. The van der Waals surface area contributed by atoms with E-state index in [2.05, 4.69) is 20.8 Å². The molecular formula is C17H17ClN4O. The highest BCUT2D eigenvalue weighted by atomic mass is 35.5. The number of fused-ring (bicyclic) bond motifs is 1. The number of H-pyrrole nitrogens is 1. The smallest absolute Gasteiger partial charge is 0.320 e. The molecule has 3 rings (SSSR count). The lowest BCUT2D eigenvalue weighted by atomic mass is 10.0. The second kappa shape index (κ2) is 6.71. The first kappa shape index (κ1) is 15.4. The van der Waals surface area contributed by atoms with Crippen molar-refractivity contribution in [2.45, 2.75) is 13.3 Å². The molecule has 23 heavy (non-hydrogen) atoms. The molecule has 0 saturated heterocycles. The van der Waals surface area contributed by atoms with Crippen molar-refractivity contribution in [2.24, 2.45) is 0 Å². The first-order valence-corrected chi connectivity index (χ1v) is 7.84. The molecule has 6 heteroatoms. The summed E-state index contributed by atoms with van der Waals surface area (Å²) >= 11 is 6.04. The Labute approximate surface area is 139 Å². The van der Waals surface area contributed by atoms with E-state index in [0.29, 0.717) is 17.4 Å². The van der Waals surface area contributed by atoms with Crippen LogP contribution < -0.4 is 10.6 Å². The largest absolute Gasteiger partial charge is 0.338 e. The van der Waals surface area contributed by atoms with E-state index in [1.165, 1.54) is 0 Å². The fraction of sp³-hybridized carbons (Fsp3) is 0.176. The predicted octanol–water partition coefficient (Wildman–Crippen LogP) is 4.41. The SMILES string of the molecule is CCCNC(=O)Nc1n[nH]c2cc(-c3cccc(Cl)c3)ccc12. The second-order valence-corrected chi connectivity index (χ2v) is 5.66. The molecule has 118 valence electrons. The summed E-state index contributed by atoms with van der Waals surface area (Å²) in [5.74, 6) is 0.520. The number of amides is 2. The number of benzene rings is 2. The van der Waals surface area contributed by atoms with E-state index in [-0.39, 0.29) is 6.03 Å². The molecule has 0 bridgehead atoms. The maximum atomic E-state index is 11.7. The Balaban J connectivity index is 1.87. The van der Waals surface area contributed by atoms with E-state index in [1.807, 2.05) is 49.4 Å². The van der Waals surface area contributed by atoms with E-state index in [4.69, 9.17) is 11.6 Å². The van der Waals surface area contributed by atoms with Crippen molar-refractivity contribution in [3.63, 3.8) is 0 Å². The summed E-state index contributed by atoms with van der Waals surface area (Å²) in [7, 11) is 0. The molecule has 5 nitrogen and oxygen atoms in total. The number of hydrogen-bond donors (Lipinski definition) is 3. The van der Waals surface area contributed by atoms with Crippen LogP contribution in [0.25, 0.3) is 22.0 Å². The van der Waals surface area contributed by atoms with E-state index < -0.39 is 0 Å². The van der Waals surface area contributed by atoms with Crippen LogP contribution in [-0.4, -0.2) is 22.8 Å². The molecule has 0 fully saturated rings. The lowest BCUT2D eigenvalue weighted by Gasteiger charge is -2.05. The van der Waals surface area contributed by atoms with Crippen molar-refractivity contribution in [1.29, 1.82) is 0 Å². The average Bonchev–Trinajstić information content (AvgIpc) is 2.95. The standard InChI is InChI=1S/C17H17ClN4O/c1-2-8-19-17(23)20-16-14-7-6-12(10-15(14)21-22-16)11-4-3-5-13(18)9-11/h3-7,9-10H,2,8H2,1H3,(H3,19,20,21,22,23). The first-order chi connectivity index (χ1) is 11.2. The molecule has 0 aliphatic carbocycles. The van der Waals surface area contributed by atoms with Crippen molar-refractivity contribution in [3.05, 3.63) is 47.5 Å². The Bertz CT molecular complexity index is 843. The third-order valence-electron chi connectivity index (χ3n) is 3.49. The lowest BCUT2D eigenvalue weighted by Crippen LogP contribution is -2.29. The molecule has 2 aromatic carbocycles. The monoisotopic (exact) mass is 328 g/mol. The number of carbonyl (C=O) groups excluding carboxylic acids is 1. The number of anilines is 1. The number of halogens is 1. The third-order valence-corrected chi connectivity index (χ3v) is 3.72. The number of rotatable bonds is 4. The first-order valence-electron chi connectivity index (χ1n) is 7.46. The maximum absolute atomic E-state index is 11.7. The van der Waals surface area contributed by atoms with Gasteiger partial charge in [-0.05, 0) is 41.8 Å². The van der Waals surface area contributed by atoms with Gasteiger partial charge in [0.2, 0.25) is 0 Å². The quantitative estimate of drug-likeness (QED) is 0.663. The Morgan fingerprint density at radius 3 is 2.83 bits per heavy atom. The van der Waals surface area contributed by atoms with Crippen LogP contribution >= 0.6 is 11.6 Å². The minimum Gasteiger partial charge on any atom is -0.338 e. The minimum atomic E-state index is -0.251. The van der Waals surface area contributed by atoms with Crippen LogP contribution in [0.4, 0.5) is 10.6 Å². The lowest BCUT2D eigenvalue weighted by molar-refractivity contribution is 0.252. The number of aromatic amines is 1. The fourth-order valence-electron chi connectivity index (χ4n) is 2.35. The molecular weight excluding hydrogens is 312 g/mol. The minimum absolute atomic E-state index is 0.251. The van der Waals surface area contributed by atoms with Gasteiger partial charge in [-0.3, -0.25) is 10.4 Å². The van der Waals surface area contributed by atoms with Crippen LogP contribution in [0.15, 0.2) is 42.5 Å². The van der Waals surface area contributed by atoms with Crippen molar-refractivity contribution < 1.29 is 4.79 Å². The Kier molecular flexibility index (Phi) is 4.48. The van der Waals surface area contributed by atoms with Gasteiger partial charge in [0.25, 0.3) is 0 Å². The summed E-state index contributed by atoms with van der Waals surface area (Å²) in [6.45, 7) is 2.63. The maximum Gasteiger partial charge on any atom is 0.320 e. The van der Waals surface area contributed by atoms with Crippen molar-refractivity contribution in [1.82, 2.24) is 15.5 Å². The molecule has 3 aromatic rings. The van der Waals surface area contributed by atoms with E-state index >= 15 is 0 Å². The van der Waals surface area contributed by atoms with Crippen LogP contribution in [0, 0.1) is 0 Å². The zero-order valence-corrected chi connectivity index (χ0v) is 13.4. The van der Waals surface area contributed by atoms with Crippen molar-refractivity contribution in [2.75, 3.05) is 11.9 Å². The van der Waals surface area contributed by atoms with Gasteiger partial charge in [0.15, 0.2) is 5.82 Å². The molecule has 0 spiro atoms. The Morgan fingerprint density at radius 1 is 1.22 bits per heavy atom. The summed E-state index contributed by atoms with van der Waals surface area (Å²) in [4.78, 5) is 11.7. The topological polar surface area (TPSA) is 69.8 Å². The summed E-state index contributed by atoms with van der Waals surface area (Å²) < 4.78 is 0. The van der Waals surface area contributed by atoms with Gasteiger partial charge >= 0.3 is 6.03 Å². The van der Waals surface area contributed by atoms with Crippen LogP contribution in [0.2, 0.25) is 5.02 Å². The molecule has 0 saturated carbocycles. The zero-order valence-electron chi connectivity index (χ0n) is 12.7. The van der Waals surface area contributed by atoms with Crippen LogP contribution in [0.3, 0.4) is 0 Å². The van der Waals surface area contributed by atoms with Gasteiger partial charge in [0, 0.05) is 17.0 Å². The summed E-state index contributed by atoms with van der Waals surface area (Å²) in [5, 5.41) is 14.2. The van der Waals surface area contributed by atoms with Crippen molar-refractivity contribution >= 4 is 34.4 Å². The van der Waals surface area contributed by atoms with Crippen molar-refractivity contribution in [3.8, 4) is 11.1 Å².